The van der Waals surface area contributed by atoms with Gasteiger partial charge in [0.05, 0.1) is 10.9 Å². The Morgan fingerprint density at radius 3 is 0.880 bits per heavy atom. The van der Waals surface area contributed by atoms with Gasteiger partial charge in [0.15, 0.2) is 14.7 Å². The van der Waals surface area contributed by atoms with Gasteiger partial charge < -0.3 is 0 Å². The Morgan fingerprint density at radius 1 is 0.440 bits per heavy atom. The van der Waals surface area contributed by atoms with Crippen molar-refractivity contribution in [3.63, 3.8) is 0 Å². The van der Waals surface area contributed by atoms with Gasteiger partial charge in [-0.1, -0.05) is 36.4 Å². The zero-order chi connectivity index (χ0) is 17.6. The Morgan fingerprint density at radius 2 is 0.680 bits per heavy atom. The van der Waals surface area contributed by atoms with Crippen LogP contribution in [0, 0.1) is 0 Å². The van der Waals surface area contributed by atoms with Gasteiger partial charge in [0, 0.05) is 17.6 Å². The smallest absolute Gasteiger partial charge is 0.122 e. The zero-order valence-corrected chi connectivity index (χ0v) is 16.7. The summed E-state index contributed by atoms with van der Waals surface area (Å²) in [4.78, 5) is 3.81. The standard InChI is InChI=1S/C21H18Cl3S/c22-13-16-1-7-19(8-2-16)25(20-9-3-17(14-23)4-10-20)21-11-5-18(15-24)6-12-21/h1-12H,13-15H2/q+1. The number of hydrogen-bond donors (Lipinski definition) is 0. The molecule has 3 aromatic rings. The van der Waals surface area contributed by atoms with Crippen molar-refractivity contribution in [2.45, 2.75) is 32.3 Å². The number of rotatable bonds is 6. The van der Waals surface area contributed by atoms with Crippen LogP contribution in [0.1, 0.15) is 16.7 Å². The molecule has 0 fully saturated rings. The molecule has 0 spiro atoms. The molecule has 3 aromatic carbocycles. The molecule has 0 aliphatic heterocycles. The third-order valence-electron chi connectivity index (χ3n) is 3.94. The average Bonchev–Trinajstić information content (AvgIpc) is 2.70. The molecule has 0 saturated carbocycles. The number of alkyl halides is 3. The van der Waals surface area contributed by atoms with Gasteiger partial charge in [0.1, 0.15) is 0 Å². The highest BCUT2D eigenvalue weighted by molar-refractivity contribution is 7.97. The van der Waals surface area contributed by atoms with E-state index in [0.29, 0.717) is 17.6 Å². The van der Waals surface area contributed by atoms with E-state index in [-0.39, 0.29) is 10.9 Å². The van der Waals surface area contributed by atoms with Crippen LogP contribution < -0.4 is 0 Å². The lowest BCUT2D eigenvalue weighted by Crippen LogP contribution is -2.05. The minimum atomic E-state index is -0.175. The maximum atomic E-state index is 5.94. The molecule has 0 saturated heterocycles. The van der Waals surface area contributed by atoms with E-state index >= 15 is 0 Å². The van der Waals surface area contributed by atoms with Crippen molar-refractivity contribution in [3.8, 4) is 0 Å². The van der Waals surface area contributed by atoms with Crippen LogP contribution in [0.3, 0.4) is 0 Å². The molecule has 0 amide bonds. The Balaban J connectivity index is 2.04. The fourth-order valence-corrected chi connectivity index (χ4v) is 5.13. The van der Waals surface area contributed by atoms with Crippen molar-refractivity contribution in [2.24, 2.45) is 0 Å². The lowest BCUT2D eigenvalue weighted by Gasteiger charge is -2.09. The van der Waals surface area contributed by atoms with Gasteiger partial charge in [-0.15, -0.1) is 34.8 Å². The molecule has 0 aliphatic carbocycles. The predicted molar refractivity (Wildman–Crippen MR) is 110 cm³/mol. The lowest BCUT2D eigenvalue weighted by atomic mass is 10.2. The summed E-state index contributed by atoms with van der Waals surface area (Å²) in [7, 11) is -0.175. The van der Waals surface area contributed by atoms with Gasteiger partial charge in [-0.2, -0.15) is 0 Å². The summed E-state index contributed by atoms with van der Waals surface area (Å²) in [6, 6.07) is 25.6. The molecule has 0 N–H and O–H groups in total. The molecule has 0 atom stereocenters. The summed E-state index contributed by atoms with van der Waals surface area (Å²) in [6.45, 7) is 0. The Hall–Kier alpha value is -1.12. The highest BCUT2D eigenvalue weighted by atomic mass is 35.5. The minimum Gasteiger partial charge on any atom is -0.122 e. The van der Waals surface area contributed by atoms with Gasteiger partial charge in [0.2, 0.25) is 0 Å². The molecule has 0 heterocycles. The molecular formula is C21H18Cl3S+. The van der Waals surface area contributed by atoms with Crippen LogP contribution in [0.15, 0.2) is 87.5 Å². The first-order valence-electron chi connectivity index (χ1n) is 7.94. The molecular weight excluding hydrogens is 391 g/mol. The van der Waals surface area contributed by atoms with Crippen LogP contribution in [-0.4, -0.2) is 0 Å². The normalized spacial score (nSPS) is 11.0. The van der Waals surface area contributed by atoms with Crippen molar-refractivity contribution in [2.75, 3.05) is 0 Å². The van der Waals surface area contributed by atoms with E-state index in [4.69, 9.17) is 34.8 Å². The third-order valence-corrected chi connectivity index (χ3v) is 7.10. The summed E-state index contributed by atoms with van der Waals surface area (Å²) in [5, 5.41) is 0. The van der Waals surface area contributed by atoms with Gasteiger partial charge in [0.25, 0.3) is 0 Å². The molecule has 0 nitrogen and oxygen atoms in total. The lowest BCUT2D eigenvalue weighted by molar-refractivity contribution is 1.26. The van der Waals surface area contributed by atoms with E-state index in [1.165, 1.54) is 14.7 Å². The minimum absolute atomic E-state index is 0.175. The number of halogens is 3. The van der Waals surface area contributed by atoms with Crippen molar-refractivity contribution < 1.29 is 0 Å². The van der Waals surface area contributed by atoms with Gasteiger partial charge in [-0.05, 0) is 53.1 Å². The molecule has 4 heteroatoms. The molecule has 0 bridgehead atoms. The Kier molecular flexibility index (Phi) is 6.72. The van der Waals surface area contributed by atoms with E-state index in [2.05, 4.69) is 72.8 Å². The fourth-order valence-electron chi connectivity index (χ4n) is 2.55. The van der Waals surface area contributed by atoms with Crippen LogP contribution in [0.2, 0.25) is 0 Å². The maximum Gasteiger partial charge on any atom is 0.166 e. The van der Waals surface area contributed by atoms with Crippen LogP contribution in [0.25, 0.3) is 0 Å². The molecule has 0 aliphatic rings. The second kappa shape index (κ2) is 9.00. The van der Waals surface area contributed by atoms with Gasteiger partial charge >= 0.3 is 0 Å². The first-order chi connectivity index (χ1) is 12.2. The van der Waals surface area contributed by atoms with Crippen molar-refractivity contribution in [3.05, 3.63) is 89.5 Å². The van der Waals surface area contributed by atoms with E-state index in [1.54, 1.807) is 0 Å². The topological polar surface area (TPSA) is 0 Å². The fraction of sp³-hybridized carbons (Fsp3) is 0.143. The maximum absolute atomic E-state index is 5.94. The van der Waals surface area contributed by atoms with Crippen molar-refractivity contribution in [1.82, 2.24) is 0 Å². The summed E-state index contributed by atoms with van der Waals surface area (Å²) in [5.41, 5.74) is 3.39. The molecule has 3 rings (SSSR count). The predicted octanol–water partition coefficient (Wildman–Crippen LogP) is 7.00. The van der Waals surface area contributed by atoms with Crippen LogP contribution in [0.4, 0.5) is 0 Å². The molecule has 0 radical (unpaired) electrons. The monoisotopic (exact) mass is 407 g/mol. The highest BCUT2D eigenvalue weighted by Gasteiger charge is 2.28. The SMILES string of the molecule is ClCc1ccc([S+](c2ccc(CCl)cc2)c2ccc(CCl)cc2)cc1. The van der Waals surface area contributed by atoms with E-state index < -0.39 is 0 Å². The Labute approximate surface area is 167 Å². The largest absolute Gasteiger partial charge is 0.166 e. The second-order valence-corrected chi connectivity index (χ2v) is 8.47. The van der Waals surface area contributed by atoms with E-state index in [0.717, 1.165) is 16.7 Å². The number of benzene rings is 3. The van der Waals surface area contributed by atoms with E-state index in [9.17, 15) is 0 Å². The van der Waals surface area contributed by atoms with Crippen molar-refractivity contribution in [1.29, 1.82) is 0 Å². The second-order valence-electron chi connectivity index (χ2n) is 5.64. The van der Waals surface area contributed by atoms with Crippen LogP contribution >= 0.6 is 34.8 Å². The van der Waals surface area contributed by atoms with Gasteiger partial charge in [-0.25, -0.2) is 0 Å². The van der Waals surface area contributed by atoms with Crippen LogP contribution in [0.5, 0.6) is 0 Å². The van der Waals surface area contributed by atoms with Crippen molar-refractivity contribution >= 4 is 45.7 Å². The summed E-state index contributed by atoms with van der Waals surface area (Å²) >= 11 is 17.8. The summed E-state index contributed by atoms with van der Waals surface area (Å²) in [5.74, 6) is 1.59. The Bertz CT molecular complexity index is 683. The molecule has 25 heavy (non-hydrogen) atoms. The van der Waals surface area contributed by atoms with E-state index in [1.807, 2.05) is 0 Å². The molecule has 0 aromatic heterocycles. The quantitative estimate of drug-likeness (QED) is 0.304. The summed E-state index contributed by atoms with van der Waals surface area (Å²) in [6.07, 6.45) is 0. The molecule has 128 valence electrons. The third kappa shape index (κ3) is 4.54. The number of hydrogen-bond acceptors (Lipinski definition) is 0. The average molecular weight is 409 g/mol. The highest BCUT2D eigenvalue weighted by Crippen LogP contribution is 2.32. The van der Waals surface area contributed by atoms with Gasteiger partial charge in [-0.3, -0.25) is 0 Å². The first-order valence-corrected chi connectivity index (χ1v) is 10.8. The molecule has 0 unspecified atom stereocenters. The zero-order valence-electron chi connectivity index (χ0n) is 13.6. The van der Waals surface area contributed by atoms with Crippen LogP contribution in [-0.2, 0) is 28.5 Å². The first kappa shape index (κ1) is 18.7. The summed E-state index contributed by atoms with van der Waals surface area (Å²) < 4.78 is 0.